The Balaban J connectivity index is 2.94. The monoisotopic (exact) mass is 181 g/mol. The van der Waals surface area contributed by atoms with E-state index in [0.717, 1.165) is 5.56 Å². The normalized spacial score (nSPS) is 11.8. The number of hydrogen-bond donors (Lipinski definition) is 0. The van der Waals surface area contributed by atoms with E-state index >= 15 is 0 Å². The van der Waals surface area contributed by atoms with Crippen molar-refractivity contribution in [3.8, 4) is 0 Å². The molecule has 0 aliphatic heterocycles. The van der Waals surface area contributed by atoms with Crippen LogP contribution in [0.1, 0.15) is 18.5 Å². The Kier molecular flexibility index (Phi) is 2.97. The maximum absolute atomic E-state index is 8.19. The number of azide groups is 1. The maximum atomic E-state index is 8.19. The van der Waals surface area contributed by atoms with E-state index in [1.165, 1.54) is 0 Å². The minimum atomic E-state index is -0.159. The fourth-order valence-electron chi connectivity index (χ4n) is 0.911. The largest absolute Gasteiger partial charge is 0.0862 e. The van der Waals surface area contributed by atoms with Crippen LogP contribution in [0.5, 0.6) is 0 Å². The highest BCUT2D eigenvalue weighted by atomic mass is 35.5. The lowest BCUT2D eigenvalue weighted by molar-refractivity contribution is 0.808. The topological polar surface area (TPSA) is 48.8 Å². The molecule has 1 atom stereocenters. The SMILES string of the molecule is C[C@@H](N=[N+]=[N-])c1cccc(Cl)c1. The molecule has 0 fully saturated rings. The standard InChI is InChI=1S/C8H8ClN3/c1-6(11-12-10)7-3-2-4-8(9)5-7/h2-6H,1H3/t6-/m1/s1. The molecule has 0 unspecified atom stereocenters. The van der Waals surface area contributed by atoms with E-state index in [0.29, 0.717) is 5.02 Å². The summed E-state index contributed by atoms with van der Waals surface area (Å²) in [6.07, 6.45) is 0. The van der Waals surface area contributed by atoms with E-state index in [1.807, 2.05) is 19.1 Å². The molecular formula is C8H8ClN3. The second kappa shape index (κ2) is 4.00. The van der Waals surface area contributed by atoms with E-state index < -0.39 is 0 Å². The van der Waals surface area contributed by atoms with Crippen LogP contribution in [0.4, 0.5) is 0 Å². The fraction of sp³-hybridized carbons (Fsp3) is 0.250. The third kappa shape index (κ3) is 2.16. The van der Waals surface area contributed by atoms with Crippen LogP contribution in [0.2, 0.25) is 5.02 Å². The van der Waals surface area contributed by atoms with Crippen LogP contribution in [0.25, 0.3) is 10.4 Å². The first-order valence-electron chi connectivity index (χ1n) is 3.53. The molecule has 0 spiro atoms. The van der Waals surface area contributed by atoms with Crippen LogP contribution in [0, 0.1) is 0 Å². The van der Waals surface area contributed by atoms with Crippen molar-refractivity contribution in [3.05, 3.63) is 45.3 Å². The van der Waals surface area contributed by atoms with E-state index in [-0.39, 0.29) is 6.04 Å². The number of halogens is 1. The van der Waals surface area contributed by atoms with Crippen LogP contribution in [-0.2, 0) is 0 Å². The molecule has 0 aliphatic rings. The van der Waals surface area contributed by atoms with Gasteiger partial charge in [-0.2, -0.15) is 0 Å². The molecule has 0 N–H and O–H groups in total. The number of hydrogen-bond acceptors (Lipinski definition) is 1. The van der Waals surface area contributed by atoms with E-state index in [1.54, 1.807) is 12.1 Å². The molecule has 0 aromatic heterocycles. The molecule has 3 nitrogen and oxygen atoms in total. The highest BCUT2D eigenvalue weighted by Crippen LogP contribution is 2.19. The van der Waals surface area contributed by atoms with Crippen molar-refractivity contribution in [1.29, 1.82) is 0 Å². The van der Waals surface area contributed by atoms with Gasteiger partial charge in [0, 0.05) is 9.93 Å². The molecule has 0 saturated carbocycles. The van der Waals surface area contributed by atoms with Gasteiger partial charge in [0.05, 0.1) is 6.04 Å². The van der Waals surface area contributed by atoms with E-state index in [9.17, 15) is 0 Å². The summed E-state index contributed by atoms with van der Waals surface area (Å²) in [6, 6.07) is 7.13. The summed E-state index contributed by atoms with van der Waals surface area (Å²) >= 11 is 5.75. The van der Waals surface area contributed by atoms with Gasteiger partial charge in [-0.15, -0.1) is 0 Å². The Morgan fingerprint density at radius 1 is 1.58 bits per heavy atom. The molecule has 62 valence electrons. The molecular weight excluding hydrogens is 174 g/mol. The summed E-state index contributed by atoms with van der Waals surface area (Å²) < 4.78 is 0. The Hall–Kier alpha value is -1.18. The molecule has 0 bridgehead atoms. The van der Waals surface area contributed by atoms with Crippen molar-refractivity contribution in [3.63, 3.8) is 0 Å². The Morgan fingerprint density at radius 2 is 2.33 bits per heavy atom. The Labute approximate surface area is 75.6 Å². The predicted octanol–water partition coefficient (Wildman–Crippen LogP) is 3.71. The number of benzene rings is 1. The van der Waals surface area contributed by atoms with Crippen molar-refractivity contribution in [2.45, 2.75) is 13.0 Å². The quantitative estimate of drug-likeness (QED) is 0.379. The van der Waals surface area contributed by atoms with Gasteiger partial charge in [-0.05, 0) is 23.2 Å². The molecule has 1 rings (SSSR count). The minimum absolute atomic E-state index is 0.159. The van der Waals surface area contributed by atoms with Crippen LogP contribution in [0.15, 0.2) is 29.4 Å². The van der Waals surface area contributed by atoms with Gasteiger partial charge in [0.25, 0.3) is 0 Å². The Bertz CT molecular complexity index is 318. The average Bonchev–Trinajstić information content (AvgIpc) is 2.05. The minimum Gasteiger partial charge on any atom is -0.0862 e. The molecule has 0 amide bonds. The zero-order valence-corrected chi connectivity index (χ0v) is 7.36. The molecule has 0 heterocycles. The van der Waals surface area contributed by atoms with Gasteiger partial charge >= 0.3 is 0 Å². The van der Waals surface area contributed by atoms with Crippen molar-refractivity contribution in [1.82, 2.24) is 0 Å². The number of nitrogens with zero attached hydrogens (tertiary/aromatic N) is 3. The molecule has 0 radical (unpaired) electrons. The average molecular weight is 182 g/mol. The molecule has 0 aliphatic carbocycles. The van der Waals surface area contributed by atoms with Crippen LogP contribution < -0.4 is 0 Å². The first-order chi connectivity index (χ1) is 5.74. The van der Waals surface area contributed by atoms with Gasteiger partial charge in [-0.25, -0.2) is 0 Å². The molecule has 12 heavy (non-hydrogen) atoms. The third-order valence-corrected chi connectivity index (χ3v) is 1.79. The van der Waals surface area contributed by atoms with E-state index in [2.05, 4.69) is 10.0 Å². The Morgan fingerprint density at radius 3 is 2.92 bits per heavy atom. The van der Waals surface area contributed by atoms with Crippen LogP contribution in [-0.4, -0.2) is 0 Å². The highest BCUT2D eigenvalue weighted by Gasteiger charge is 2.01. The van der Waals surface area contributed by atoms with Crippen molar-refractivity contribution >= 4 is 11.6 Å². The fourth-order valence-corrected chi connectivity index (χ4v) is 1.11. The molecule has 4 heteroatoms. The molecule has 1 aromatic rings. The van der Waals surface area contributed by atoms with Crippen molar-refractivity contribution < 1.29 is 0 Å². The lowest BCUT2D eigenvalue weighted by Crippen LogP contribution is -1.86. The predicted molar refractivity (Wildman–Crippen MR) is 49.0 cm³/mol. The highest BCUT2D eigenvalue weighted by molar-refractivity contribution is 6.30. The second-order valence-corrected chi connectivity index (χ2v) is 2.87. The summed E-state index contributed by atoms with van der Waals surface area (Å²) in [5, 5.41) is 4.22. The van der Waals surface area contributed by atoms with Gasteiger partial charge in [0.1, 0.15) is 0 Å². The van der Waals surface area contributed by atoms with Gasteiger partial charge in [-0.3, -0.25) is 0 Å². The zero-order valence-electron chi connectivity index (χ0n) is 6.61. The van der Waals surface area contributed by atoms with Gasteiger partial charge in [-0.1, -0.05) is 35.8 Å². The third-order valence-electron chi connectivity index (χ3n) is 1.56. The lowest BCUT2D eigenvalue weighted by atomic mass is 10.1. The second-order valence-electron chi connectivity index (χ2n) is 2.44. The first-order valence-corrected chi connectivity index (χ1v) is 3.91. The van der Waals surface area contributed by atoms with Crippen LogP contribution in [0.3, 0.4) is 0 Å². The summed E-state index contributed by atoms with van der Waals surface area (Å²) in [5.74, 6) is 0. The summed E-state index contributed by atoms with van der Waals surface area (Å²) in [6.45, 7) is 1.82. The smallest absolute Gasteiger partial charge is 0.0597 e. The molecule has 1 aromatic carbocycles. The van der Waals surface area contributed by atoms with Gasteiger partial charge in [0.2, 0.25) is 0 Å². The maximum Gasteiger partial charge on any atom is 0.0597 e. The lowest BCUT2D eigenvalue weighted by Gasteiger charge is -2.03. The van der Waals surface area contributed by atoms with Crippen molar-refractivity contribution in [2.75, 3.05) is 0 Å². The molecule has 0 saturated heterocycles. The van der Waals surface area contributed by atoms with E-state index in [4.69, 9.17) is 17.1 Å². The first kappa shape index (κ1) is 8.91. The summed E-state index contributed by atoms with van der Waals surface area (Å²) in [7, 11) is 0. The van der Waals surface area contributed by atoms with Gasteiger partial charge in [0.15, 0.2) is 0 Å². The summed E-state index contributed by atoms with van der Waals surface area (Å²) in [5.41, 5.74) is 9.12. The zero-order chi connectivity index (χ0) is 8.97. The summed E-state index contributed by atoms with van der Waals surface area (Å²) in [4.78, 5) is 2.72. The van der Waals surface area contributed by atoms with Crippen molar-refractivity contribution in [2.24, 2.45) is 5.11 Å². The van der Waals surface area contributed by atoms with Crippen LogP contribution >= 0.6 is 11.6 Å². The van der Waals surface area contributed by atoms with Gasteiger partial charge < -0.3 is 0 Å². The number of rotatable bonds is 2.